The van der Waals surface area contributed by atoms with Crippen LogP contribution >= 0.6 is 0 Å². The van der Waals surface area contributed by atoms with Crippen molar-refractivity contribution in [2.75, 3.05) is 5.32 Å². The molecule has 4 amide bonds. The Morgan fingerprint density at radius 1 is 1.25 bits per heavy atom. The zero-order chi connectivity index (χ0) is 16.8. The van der Waals surface area contributed by atoms with Gasteiger partial charge in [-0.2, -0.15) is 0 Å². The highest BCUT2D eigenvalue weighted by molar-refractivity contribution is 6.07. The largest absolute Gasteiger partial charge is 0.320 e. The third-order valence-corrected chi connectivity index (χ3v) is 5.15. The van der Waals surface area contributed by atoms with E-state index in [9.17, 15) is 14.4 Å². The number of allylic oxidation sites excluding steroid dienone is 2. The van der Waals surface area contributed by atoms with Gasteiger partial charge >= 0.3 is 6.03 Å². The van der Waals surface area contributed by atoms with E-state index in [0.717, 1.165) is 6.42 Å². The Bertz CT molecular complexity index is 703. The van der Waals surface area contributed by atoms with Gasteiger partial charge in [-0.15, -0.1) is 0 Å². The van der Waals surface area contributed by atoms with E-state index in [1.165, 1.54) is 11.1 Å². The zero-order valence-corrected chi connectivity index (χ0v) is 13.2. The minimum absolute atomic E-state index is 0.165. The van der Waals surface area contributed by atoms with Gasteiger partial charge in [0.2, 0.25) is 11.8 Å². The quantitative estimate of drug-likeness (QED) is 0.648. The van der Waals surface area contributed by atoms with E-state index in [0.29, 0.717) is 5.69 Å². The number of imide groups is 1. The fourth-order valence-corrected chi connectivity index (χ4v) is 4.17. The number of urea groups is 1. The molecule has 7 nitrogen and oxygen atoms in total. The average molecular weight is 326 g/mol. The first-order valence-electron chi connectivity index (χ1n) is 8.09. The van der Waals surface area contributed by atoms with Crippen molar-refractivity contribution in [3.8, 4) is 0 Å². The van der Waals surface area contributed by atoms with Crippen molar-refractivity contribution in [3.63, 3.8) is 0 Å². The van der Waals surface area contributed by atoms with E-state index >= 15 is 0 Å². The van der Waals surface area contributed by atoms with Crippen LogP contribution in [-0.4, -0.2) is 33.9 Å². The lowest BCUT2D eigenvalue weighted by molar-refractivity contribution is -0.143. The summed E-state index contributed by atoms with van der Waals surface area (Å²) in [6.07, 6.45) is 7.43. The summed E-state index contributed by atoms with van der Waals surface area (Å²) in [5, 5.41) is 5.29. The van der Waals surface area contributed by atoms with Crippen molar-refractivity contribution in [3.05, 3.63) is 36.7 Å². The zero-order valence-electron chi connectivity index (χ0n) is 13.2. The SMILES string of the molecule is C[C@H](NC(=O)Nc1cccnc1)N1C(=O)[C@@H]2[C@H](C1=O)[C@H]1C=C[C@H]2C1. The third kappa shape index (κ3) is 2.19. The second-order valence-corrected chi connectivity index (χ2v) is 6.56. The van der Waals surface area contributed by atoms with Crippen LogP contribution in [0, 0.1) is 23.7 Å². The maximum Gasteiger partial charge on any atom is 0.320 e. The normalized spacial score (nSPS) is 31.3. The highest BCUT2D eigenvalue weighted by atomic mass is 16.2. The molecule has 2 heterocycles. The molecule has 24 heavy (non-hydrogen) atoms. The monoisotopic (exact) mass is 326 g/mol. The average Bonchev–Trinajstić information content (AvgIpc) is 3.22. The third-order valence-electron chi connectivity index (χ3n) is 5.15. The molecule has 2 aliphatic carbocycles. The lowest BCUT2D eigenvalue weighted by Gasteiger charge is -2.25. The van der Waals surface area contributed by atoms with Crippen molar-refractivity contribution >= 4 is 23.5 Å². The Kier molecular flexibility index (Phi) is 3.37. The topological polar surface area (TPSA) is 91.4 Å². The molecule has 0 spiro atoms. The summed E-state index contributed by atoms with van der Waals surface area (Å²) in [7, 11) is 0. The number of nitrogens with zero attached hydrogens (tertiary/aromatic N) is 2. The molecule has 5 atom stereocenters. The molecule has 4 rings (SSSR count). The molecular formula is C17H18N4O3. The van der Waals surface area contributed by atoms with Gasteiger partial charge in [-0.1, -0.05) is 12.2 Å². The Balaban J connectivity index is 1.44. The highest BCUT2D eigenvalue weighted by Gasteiger charge is 2.60. The summed E-state index contributed by atoms with van der Waals surface area (Å²) in [4.78, 5) is 42.5. The van der Waals surface area contributed by atoms with Crippen LogP contribution in [-0.2, 0) is 9.59 Å². The summed E-state index contributed by atoms with van der Waals surface area (Å²) in [5.74, 6) is -0.515. The molecule has 7 heteroatoms. The minimum atomic E-state index is -0.688. The molecule has 3 aliphatic rings. The number of aromatic nitrogens is 1. The number of nitrogens with one attached hydrogen (secondary N) is 2. The molecule has 0 unspecified atom stereocenters. The Morgan fingerprint density at radius 3 is 2.50 bits per heavy atom. The number of rotatable bonds is 3. The molecule has 1 aromatic heterocycles. The number of amides is 4. The smallest absolute Gasteiger partial charge is 0.317 e. The number of hydrogen-bond acceptors (Lipinski definition) is 4. The summed E-state index contributed by atoms with van der Waals surface area (Å²) < 4.78 is 0. The Hall–Kier alpha value is -2.70. The van der Waals surface area contributed by atoms with Crippen molar-refractivity contribution in [2.24, 2.45) is 23.7 Å². The first-order chi connectivity index (χ1) is 11.6. The van der Waals surface area contributed by atoms with Gasteiger partial charge in [0, 0.05) is 6.20 Å². The van der Waals surface area contributed by atoms with Crippen LogP contribution in [0.1, 0.15) is 13.3 Å². The molecule has 124 valence electrons. The van der Waals surface area contributed by atoms with E-state index in [2.05, 4.69) is 15.6 Å². The van der Waals surface area contributed by atoms with Crippen LogP contribution in [0.25, 0.3) is 0 Å². The first kappa shape index (κ1) is 14.9. The van der Waals surface area contributed by atoms with Crippen LogP contribution in [0.5, 0.6) is 0 Å². The summed E-state index contributed by atoms with van der Waals surface area (Å²) in [5.41, 5.74) is 0.542. The van der Waals surface area contributed by atoms with Gasteiger partial charge in [-0.25, -0.2) is 4.79 Å². The van der Waals surface area contributed by atoms with Crippen LogP contribution in [0.3, 0.4) is 0 Å². The molecule has 0 aromatic carbocycles. The van der Waals surface area contributed by atoms with Gasteiger partial charge in [0.1, 0.15) is 6.17 Å². The van der Waals surface area contributed by atoms with Gasteiger partial charge in [0.15, 0.2) is 0 Å². The molecule has 0 radical (unpaired) electrons. The lowest BCUT2D eigenvalue weighted by Crippen LogP contribution is -2.51. The van der Waals surface area contributed by atoms with Crippen molar-refractivity contribution in [2.45, 2.75) is 19.5 Å². The first-order valence-corrected chi connectivity index (χ1v) is 8.09. The molecule has 2 N–H and O–H groups in total. The summed E-state index contributed by atoms with van der Waals surface area (Å²) in [6.45, 7) is 1.65. The van der Waals surface area contributed by atoms with Crippen LogP contribution in [0.15, 0.2) is 36.7 Å². The number of carbonyl (C=O) groups excluding carboxylic acids is 3. The van der Waals surface area contributed by atoms with E-state index in [4.69, 9.17) is 0 Å². The minimum Gasteiger partial charge on any atom is -0.317 e. The standard InChI is InChI=1S/C17H18N4O3/c1-9(19-17(24)20-12-3-2-6-18-8-12)21-15(22)13-10-4-5-11(7-10)14(13)16(21)23/h2-6,8-11,13-14H,7H2,1H3,(H2,19,20,24)/t9-,10+,11+,13-,14+/m1/s1. The molecule has 1 saturated heterocycles. The van der Waals surface area contributed by atoms with E-state index < -0.39 is 12.2 Å². The van der Waals surface area contributed by atoms with Crippen molar-refractivity contribution < 1.29 is 14.4 Å². The van der Waals surface area contributed by atoms with Gasteiger partial charge in [-0.05, 0) is 37.3 Å². The van der Waals surface area contributed by atoms with Gasteiger partial charge < -0.3 is 10.6 Å². The predicted octanol–water partition coefficient (Wildman–Crippen LogP) is 1.36. The van der Waals surface area contributed by atoms with E-state index in [-0.39, 0.29) is 35.5 Å². The number of anilines is 1. The van der Waals surface area contributed by atoms with Crippen molar-refractivity contribution in [1.82, 2.24) is 15.2 Å². The Morgan fingerprint density at radius 2 is 1.92 bits per heavy atom. The molecule has 2 fully saturated rings. The molecule has 1 aliphatic heterocycles. The number of pyridine rings is 1. The summed E-state index contributed by atoms with van der Waals surface area (Å²) in [6, 6.07) is 2.93. The highest BCUT2D eigenvalue weighted by Crippen LogP contribution is 2.52. The van der Waals surface area contributed by atoms with Gasteiger partial charge in [0.25, 0.3) is 0 Å². The number of fused-ring (bicyclic) bond motifs is 5. The van der Waals surface area contributed by atoms with Crippen LogP contribution < -0.4 is 10.6 Å². The second kappa shape index (κ2) is 5.43. The molecular weight excluding hydrogens is 308 g/mol. The Labute approximate surface area is 139 Å². The lowest BCUT2D eigenvalue weighted by atomic mass is 9.85. The second-order valence-electron chi connectivity index (χ2n) is 6.56. The molecule has 2 bridgehead atoms. The number of carbonyl (C=O) groups is 3. The summed E-state index contributed by atoms with van der Waals surface area (Å²) >= 11 is 0. The van der Waals surface area contributed by atoms with Crippen molar-refractivity contribution in [1.29, 1.82) is 0 Å². The number of likely N-dealkylation sites (tertiary alicyclic amines) is 1. The van der Waals surface area contributed by atoms with Crippen LogP contribution in [0.2, 0.25) is 0 Å². The van der Waals surface area contributed by atoms with E-state index in [1.807, 2.05) is 12.2 Å². The van der Waals surface area contributed by atoms with Gasteiger partial charge in [-0.3, -0.25) is 19.5 Å². The van der Waals surface area contributed by atoms with Gasteiger partial charge in [0.05, 0.1) is 23.7 Å². The predicted molar refractivity (Wildman–Crippen MR) is 85.4 cm³/mol. The molecule has 1 saturated carbocycles. The fraction of sp³-hybridized carbons (Fsp3) is 0.412. The van der Waals surface area contributed by atoms with Crippen LogP contribution in [0.4, 0.5) is 10.5 Å². The fourth-order valence-electron chi connectivity index (χ4n) is 4.17. The van der Waals surface area contributed by atoms with E-state index in [1.54, 1.807) is 25.3 Å². The maximum atomic E-state index is 12.7. The maximum absolute atomic E-state index is 12.7. The molecule has 1 aromatic rings. The number of hydrogen-bond donors (Lipinski definition) is 2.